The van der Waals surface area contributed by atoms with Crippen LogP contribution in [0.5, 0.6) is 0 Å². The molecule has 1 unspecified atom stereocenters. The van der Waals surface area contributed by atoms with E-state index in [2.05, 4.69) is 10.4 Å². The number of halogens is 1. The number of hydrogen-bond acceptors (Lipinski definition) is 3. The van der Waals surface area contributed by atoms with E-state index in [4.69, 9.17) is 16.7 Å². The second kappa shape index (κ2) is 7.97. The van der Waals surface area contributed by atoms with Crippen LogP contribution in [0.3, 0.4) is 0 Å². The molecule has 2 aromatic rings. The lowest BCUT2D eigenvalue weighted by atomic mass is 10.1. The van der Waals surface area contributed by atoms with Gasteiger partial charge in [0, 0.05) is 18.0 Å². The zero-order valence-corrected chi connectivity index (χ0v) is 14.4. The van der Waals surface area contributed by atoms with Gasteiger partial charge in [-0.25, -0.2) is 4.68 Å². The third-order valence-electron chi connectivity index (χ3n) is 3.64. The number of benzene rings is 1. The zero-order chi connectivity index (χ0) is 17.7. The molecule has 1 aromatic carbocycles. The minimum Gasteiger partial charge on any atom is -0.481 e. The third kappa shape index (κ3) is 4.35. The number of carbonyl (C=O) groups is 2. The van der Waals surface area contributed by atoms with Crippen LogP contribution >= 0.6 is 11.6 Å². The fraction of sp³-hybridized carbons (Fsp3) is 0.353. The average Bonchev–Trinajstić information content (AvgIpc) is 2.96. The molecule has 0 saturated heterocycles. The predicted octanol–water partition coefficient (Wildman–Crippen LogP) is 2.93. The highest BCUT2D eigenvalue weighted by atomic mass is 35.5. The monoisotopic (exact) mass is 349 g/mol. The first-order valence-corrected chi connectivity index (χ1v) is 8.13. The molecule has 0 spiro atoms. The minimum atomic E-state index is -0.875. The summed E-state index contributed by atoms with van der Waals surface area (Å²) in [7, 11) is 0. The summed E-state index contributed by atoms with van der Waals surface area (Å²) in [6, 6.07) is 7.25. The van der Waals surface area contributed by atoms with Crippen LogP contribution in [0.1, 0.15) is 36.3 Å². The Labute approximate surface area is 145 Å². The van der Waals surface area contributed by atoms with Gasteiger partial charge in [-0.1, -0.05) is 31.5 Å². The van der Waals surface area contributed by atoms with Crippen LogP contribution in [0.25, 0.3) is 5.69 Å². The van der Waals surface area contributed by atoms with Crippen molar-refractivity contribution in [3.8, 4) is 5.69 Å². The summed E-state index contributed by atoms with van der Waals surface area (Å²) < 4.78 is 1.70. The summed E-state index contributed by atoms with van der Waals surface area (Å²) in [6.07, 6.45) is 2.17. The Kier molecular flexibility index (Phi) is 5.98. The van der Waals surface area contributed by atoms with E-state index >= 15 is 0 Å². The van der Waals surface area contributed by atoms with Crippen molar-refractivity contribution in [2.45, 2.75) is 26.7 Å². The van der Waals surface area contributed by atoms with Crippen LogP contribution < -0.4 is 5.32 Å². The summed E-state index contributed by atoms with van der Waals surface area (Å²) in [5, 5.41) is 16.4. The van der Waals surface area contributed by atoms with Crippen LogP contribution in [0.15, 0.2) is 30.5 Å². The van der Waals surface area contributed by atoms with Crippen LogP contribution in [0.4, 0.5) is 0 Å². The Morgan fingerprint density at radius 3 is 2.79 bits per heavy atom. The molecule has 128 valence electrons. The van der Waals surface area contributed by atoms with Gasteiger partial charge >= 0.3 is 5.97 Å². The molecule has 0 fully saturated rings. The van der Waals surface area contributed by atoms with E-state index < -0.39 is 5.97 Å². The van der Waals surface area contributed by atoms with E-state index in [1.807, 2.05) is 19.1 Å². The van der Waals surface area contributed by atoms with Crippen molar-refractivity contribution >= 4 is 23.5 Å². The Morgan fingerprint density at radius 1 is 1.42 bits per heavy atom. The number of amides is 1. The Hall–Kier alpha value is -2.34. The Balaban J connectivity index is 2.16. The number of aliphatic carboxylic acids is 1. The van der Waals surface area contributed by atoms with Gasteiger partial charge in [0.15, 0.2) is 0 Å². The van der Waals surface area contributed by atoms with E-state index in [1.165, 1.54) is 6.20 Å². The van der Waals surface area contributed by atoms with Gasteiger partial charge in [-0.2, -0.15) is 5.10 Å². The smallest absolute Gasteiger partial charge is 0.303 e. The molecule has 2 N–H and O–H groups in total. The van der Waals surface area contributed by atoms with Crippen molar-refractivity contribution in [2.75, 3.05) is 6.54 Å². The molecule has 1 atom stereocenters. The molecule has 0 radical (unpaired) electrons. The van der Waals surface area contributed by atoms with Crippen LogP contribution in [0, 0.1) is 5.92 Å². The minimum absolute atomic E-state index is 0.0166. The molecule has 6 nitrogen and oxygen atoms in total. The average molecular weight is 350 g/mol. The maximum atomic E-state index is 12.4. The molecule has 1 heterocycles. The van der Waals surface area contributed by atoms with Gasteiger partial charge in [-0.3, -0.25) is 9.59 Å². The van der Waals surface area contributed by atoms with Crippen molar-refractivity contribution < 1.29 is 14.7 Å². The summed E-state index contributed by atoms with van der Waals surface area (Å²) in [5.74, 6) is -1.27. The van der Waals surface area contributed by atoms with Gasteiger partial charge in [-0.15, -0.1) is 0 Å². The molecular weight excluding hydrogens is 330 g/mol. The maximum Gasteiger partial charge on any atom is 0.303 e. The molecular formula is C17H20ClN3O3. The Bertz CT molecular complexity index is 742. The molecule has 7 heteroatoms. The van der Waals surface area contributed by atoms with E-state index in [-0.39, 0.29) is 18.2 Å². The summed E-state index contributed by atoms with van der Waals surface area (Å²) in [6.45, 7) is 4.03. The van der Waals surface area contributed by atoms with Gasteiger partial charge < -0.3 is 10.4 Å². The first kappa shape index (κ1) is 18.0. The molecule has 0 aliphatic rings. The van der Waals surface area contributed by atoms with E-state index in [1.54, 1.807) is 23.7 Å². The fourth-order valence-electron chi connectivity index (χ4n) is 2.47. The maximum absolute atomic E-state index is 12.4. The second-order valence-electron chi connectivity index (χ2n) is 5.66. The lowest BCUT2D eigenvalue weighted by Gasteiger charge is -2.11. The van der Waals surface area contributed by atoms with E-state index in [0.717, 1.165) is 11.4 Å². The standard InChI is InChI=1S/C17H20ClN3O3/c1-3-15-14(17(24)19-9-11(2)7-16(22)23)10-20-21(15)13-6-4-5-12(18)8-13/h4-6,8,10-11H,3,7,9H2,1-2H3,(H,19,24)(H,22,23). The highest BCUT2D eigenvalue weighted by Gasteiger charge is 2.18. The molecule has 1 amide bonds. The highest BCUT2D eigenvalue weighted by molar-refractivity contribution is 6.30. The van der Waals surface area contributed by atoms with Crippen molar-refractivity contribution in [2.24, 2.45) is 5.92 Å². The normalized spacial score (nSPS) is 12.0. The van der Waals surface area contributed by atoms with Gasteiger partial charge in [-0.05, 0) is 30.5 Å². The summed E-state index contributed by atoms with van der Waals surface area (Å²) in [4.78, 5) is 23.1. The molecule has 0 saturated carbocycles. The van der Waals surface area contributed by atoms with Crippen molar-refractivity contribution in [1.82, 2.24) is 15.1 Å². The molecule has 1 aromatic heterocycles. The number of aromatic nitrogens is 2. The Morgan fingerprint density at radius 2 is 2.17 bits per heavy atom. The highest BCUT2D eigenvalue weighted by Crippen LogP contribution is 2.19. The summed E-state index contributed by atoms with van der Waals surface area (Å²) in [5.41, 5.74) is 2.05. The van der Waals surface area contributed by atoms with Crippen LogP contribution in [-0.4, -0.2) is 33.3 Å². The summed E-state index contributed by atoms with van der Waals surface area (Å²) >= 11 is 6.02. The topological polar surface area (TPSA) is 84.2 Å². The lowest BCUT2D eigenvalue weighted by Crippen LogP contribution is -2.29. The molecule has 0 aliphatic carbocycles. The lowest BCUT2D eigenvalue weighted by molar-refractivity contribution is -0.137. The quantitative estimate of drug-likeness (QED) is 0.805. The number of carboxylic acids is 1. The first-order chi connectivity index (χ1) is 11.4. The number of hydrogen-bond donors (Lipinski definition) is 2. The third-order valence-corrected chi connectivity index (χ3v) is 3.87. The molecule has 0 bridgehead atoms. The fourth-order valence-corrected chi connectivity index (χ4v) is 2.65. The van der Waals surface area contributed by atoms with Crippen LogP contribution in [-0.2, 0) is 11.2 Å². The van der Waals surface area contributed by atoms with Crippen molar-refractivity contribution in [3.63, 3.8) is 0 Å². The van der Waals surface area contributed by atoms with Gasteiger partial charge in [0.05, 0.1) is 23.1 Å². The number of carbonyl (C=O) groups excluding carboxylic acids is 1. The zero-order valence-electron chi connectivity index (χ0n) is 13.6. The van der Waals surface area contributed by atoms with Crippen LogP contribution in [0.2, 0.25) is 5.02 Å². The molecule has 2 rings (SSSR count). The number of nitrogens with one attached hydrogen (secondary N) is 1. The van der Waals surface area contributed by atoms with Gasteiger partial charge in [0.1, 0.15) is 0 Å². The van der Waals surface area contributed by atoms with E-state index in [0.29, 0.717) is 23.6 Å². The predicted molar refractivity (Wildman–Crippen MR) is 91.7 cm³/mol. The molecule has 0 aliphatic heterocycles. The molecule has 24 heavy (non-hydrogen) atoms. The number of nitrogens with zero attached hydrogens (tertiary/aromatic N) is 2. The van der Waals surface area contributed by atoms with Crippen molar-refractivity contribution in [3.05, 3.63) is 46.7 Å². The van der Waals surface area contributed by atoms with E-state index in [9.17, 15) is 9.59 Å². The largest absolute Gasteiger partial charge is 0.481 e. The van der Waals surface area contributed by atoms with Gasteiger partial charge in [0.25, 0.3) is 5.91 Å². The first-order valence-electron chi connectivity index (χ1n) is 7.75. The van der Waals surface area contributed by atoms with Crippen molar-refractivity contribution in [1.29, 1.82) is 0 Å². The number of carboxylic acid groups (broad SMARTS) is 1. The van der Waals surface area contributed by atoms with Gasteiger partial charge in [0.2, 0.25) is 0 Å². The SMILES string of the molecule is CCc1c(C(=O)NCC(C)CC(=O)O)cnn1-c1cccc(Cl)c1. The number of rotatable bonds is 7. The second-order valence-corrected chi connectivity index (χ2v) is 6.10.